The molecule has 0 aliphatic carbocycles. The van der Waals surface area contributed by atoms with E-state index in [-0.39, 0.29) is 12.3 Å². The Labute approximate surface area is 185 Å². The minimum absolute atomic E-state index is 0.0364. The van der Waals surface area contributed by atoms with Gasteiger partial charge in [-0.15, -0.1) is 5.10 Å². The fourth-order valence-corrected chi connectivity index (χ4v) is 3.36. The Bertz CT molecular complexity index is 1210. The molecular weight excluding hydrogens is 470 g/mol. The SMILES string of the molecule is O=C(OC(Cn1nnc2ccccc21)C(=O)c1ccc(Br)cc1)c1ccc(Cl)cc1. The maximum absolute atomic E-state index is 13.2. The number of Topliss-reactive ketones (excluding diaryl/α,β-unsaturated/α-hetero) is 1. The van der Waals surface area contributed by atoms with Crippen LogP contribution >= 0.6 is 27.5 Å². The van der Waals surface area contributed by atoms with Crippen molar-refractivity contribution in [3.63, 3.8) is 0 Å². The van der Waals surface area contributed by atoms with Crippen LogP contribution in [0.5, 0.6) is 0 Å². The zero-order valence-corrected chi connectivity index (χ0v) is 17.9. The van der Waals surface area contributed by atoms with Gasteiger partial charge in [0.1, 0.15) is 5.52 Å². The molecule has 0 amide bonds. The Kier molecular flexibility index (Phi) is 5.92. The van der Waals surface area contributed by atoms with Crippen molar-refractivity contribution in [3.8, 4) is 0 Å². The average Bonchev–Trinajstić information content (AvgIpc) is 3.16. The summed E-state index contributed by atoms with van der Waals surface area (Å²) in [4.78, 5) is 25.8. The van der Waals surface area contributed by atoms with Crippen molar-refractivity contribution in [1.82, 2.24) is 15.0 Å². The molecular formula is C22H15BrClN3O3. The van der Waals surface area contributed by atoms with Crippen molar-refractivity contribution in [2.24, 2.45) is 0 Å². The first-order valence-corrected chi connectivity index (χ1v) is 10.2. The summed E-state index contributed by atoms with van der Waals surface area (Å²) in [5, 5.41) is 8.72. The number of fused-ring (bicyclic) bond motifs is 1. The second-order valence-electron chi connectivity index (χ2n) is 6.53. The van der Waals surface area contributed by atoms with Crippen LogP contribution in [0.3, 0.4) is 0 Å². The Morgan fingerprint density at radius 3 is 2.37 bits per heavy atom. The van der Waals surface area contributed by atoms with Crippen molar-refractivity contribution in [2.75, 3.05) is 0 Å². The van der Waals surface area contributed by atoms with Gasteiger partial charge in [0.15, 0.2) is 6.10 Å². The molecule has 6 nitrogen and oxygen atoms in total. The van der Waals surface area contributed by atoms with E-state index < -0.39 is 12.1 Å². The number of aromatic nitrogens is 3. The van der Waals surface area contributed by atoms with Gasteiger partial charge in [-0.3, -0.25) is 4.79 Å². The summed E-state index contributed by atoms with van der Waals surface area (Å²) in [6.45, 7) is 0.0364. The van der Waals surface area contributed by atoms with Crippen molar-refractivity contribution in [3.05, 3.63) is 93.4 Å². The Hall–Kier alpha value is -3.03. The average molecular weight is 485 g/mol. The van der Waals surface area contributed by atoms with Gasteiger partial charge in [-0.05, 0) is 48.5 Å². The standard InChI is InChI=1S/C22H15BrClN3O3/c23-16-9-5-14(6-10-16)21(28)20(30-22(29)15-7-11-17(24)12-8-15)13-27-19-4-2-1-3-18(19)25-26-27/h1-12,20H,13H2. The van der Waals surface area contributed by atoms with Crippen LogP contribution in [0.25, 0.3) is 11.0 Å². The van der Waals surface area contributed by atoms with Crippen molar-refractivity contribution in [1.29, 1.82) is 0 Å². The van der Waals surface area contributed by atoms with Gasteiger partial charge in [0.05, 0.1) is 17.6 Å². The van der Waals surface area contributed by atoms with Crippen LogP contribution in [-0.2, 0) is 11.3 Å². The summed E-state index contributed by atoms with van der Waals surface area (Å²) in [7, 11) is 0. The largest absolute Gasteiger partial charge is 0.448 e. The number of hydrogen-bond acceptors (Lipinski definition) is 5. The summed E-state index contributed by atoms with van der Waals surface area (Å²) in [5.74, 6) is -0.948. The zero-order valence-electron chi connectivity index (χ0n) is 15.5. The lowest BCUT2D eigenvalue weighted by Crippen LogP contribution is -2.32. The third-order valence-electron chi connectivity index (χ3n) is 4.51. The lowest BCUT2D eigenvalue weighted by atomic mass is 10.1. The maximum atomic E-state index is 13.2. The van der Waals surface area contributed by atoms with E-state index in [2.05, 4.69) is 26.2 Å². The first-order chi connectivity index (χ1) is 14.5. The fraction of sp³-hybridized carbons (Fsp3) is 0.0909. The lowest BCUT2D eigenvalue weighted by molar-refractivity contribution is 0.0245. The molecule has 0 fully saturated rings. The summed E-state index contributed by atoms with van der Waals surface area (Å²) in [5.41, 5.74) is 2.16. The number of nitrogens with zero attached hydrogens (tertiary/aromatic N) is 3. The highest BCUT2D eigenvalue weighted by molar-refractivity contribution is 9.10. The maximum Gasteiger partial charge on any atom is 0.338 e. The smallest absolute Gasteiger partial charge is 0.338 e. The number of hydrogen-bond donors (Lipinski definition) is 0. The molecule has 4 rings (SSSR count). The zero-order chi connectivity index (χ0) is 21.1. The highest BCUT2D eigenvalue weighted by Gasteiger charge is 2.27. The molecule has 0 saturated heterocycles. The molecule has 30 heavy (non-hydrogen) atoms. The normalized spacial score (nSPS) is 11.9. The third kappa shape index (κ3) is 4.42. The van der Waals surface area contributed by atoms with Gasteiger partial charge in [-0.2, -0.15) is 0 Å². The predicted molar refractivity (Wildman–Crippen MR) is 117 cm³/mol. The summed E-state index contributed by atoms with van der Waals surface area (Å²) in [6, 6.07) is 20.5. The van der Waals surface area contributed by atoms with E-state index in [1.54, 1.807) is 53.2 Å². The van der Waals surface area contributed by atoms with E-state index in [1.165, 1.54) is 0 Å². The molecule has 0 aliphatic rings. The second-order valence-corrected chi connectivity index (χ2v) is 7.88. The van der Waals surface area contributed by atoms with Crippen LogP contribution in [0.4, 0.5) is 0 Å². The molecule has 0 aliphatic heterocycles. The number of esters is 1. The Balaban J connectivity index is 1.64. The number of ketones is 1. The summed E-state index contributed by atoms with van der Waals surface area (Å²) < 4.78 is 8.02. The third-order valence-corrected chi connectivity index (χ3v) is 5.29. The van der Waals surface area contributed by atoms with Crippen molar-refractivity contribution in [2.45, 2.75) is 12.6 Å². The van der Waals surface area contributed by atoms with Crippen LogP contribution in [-0.4, -0.2) is 32.9 Å². The van der Waals surface area contributed by atoms with Gasteiger partial charge in [0, 0.05) is 15.1 Å². The molecule has 1 unspecified atom stereocenters. The minimum Gasteiger partial charge on any atom is -0.448 e. The molecule has 0 bridgehead atoms. The number of rotatable bonds is 6. The fourth-order valence-electron chi connectivity index (χ4n) is 2.97. The van der Waals surface area contributed by atoms with Crippen LogP contribution in [0.15, 0.2) is 77.3 Å². The van der Waals surface area contributed by atoms with Gasteiger partial charge < -0.3 is 4.74 Å². The quantitative estimate of drug-likeness (QED) is 0.286. The summed E-state index contributed by atoms with van der Waals surface area (Å²) in [6.07, 6.45) is -1.08. The Morgan fingerprint density at radius 2 is 1.63 bits per heavy atom. The molecule has 3 aromatic carbocycles. The predicted octanol–water partition coefficient (Wildman–Crippen LogP) is 4.96. The molecule has 1 atom stereocenters. The molecule has 0 saturated carbocycles. The molecule has 0 radical (unpaired) electrons. The first-order valence-electron chi connectivity index (χ1n) is 9.06. The minimum atomic E-state index is -1.08. The van der Waals surface area contributed by atoms with E-state index in [0.717, 1.165) is 9.99 Å². The van der Waals surface area contributed by atoms with E-state index in [9.17, 15) is 9.59 Å². The van der Waals surface area contributed by atoms with Gasteiger partial charge in [-0.25, -0.2) is 9.48 Å². The van der Waals surface area contributed by atoms with Crippen LogP contribution < -0.4 is 0 Å². The van der Waals surface area contributed by atoms with Crippen LogP contribution in [0.2, 0.25) is 5.02 Å². The van der Waals surface area contributed by atoms with E-state index >= 15 is 0 Å². The highest BCUT2D eigenvalue weighted by Crippen LogP contribution is 2.18. The van der Waals surface area contributed by atoms with Gasteiger partial charge >= 0.3 is 5.97 Å². The molecule has 1 heterocycles. The van der Waals surface area contributed by atoms with E-state index in [4.69, 9.17) is 16.3 Å². The van der Waals surface area contributed by atoms with Gasteiger partial charge in [0.2, 0.25) is 5.78 Å². The van der Waals surface area contributed by atoms with Crippen LogP contribution in [0.1, 0.15) is 20.7 Å². The van der Waals surface area contributed by atoms with E-state index in [1.807, 2.05) is 24.3 Å². The van der Waals surface area contributed by atoms with Crippen molar-refractivity contribution < 1.29 is 14.3 Å². The highest BCUT2D eigenvalue weighted by atomic mass is 79.9. The Morgan fingerprint density at radius 1 is 0.967 bits per heavy atom. The molecule has 8 heteroatoms. The molecule has 0 N–H and O–H groups in total. The first kappa shape index (κ1) is 20.3. The summed E-state index contributed by atoms with van der Waals surface area (Å²) >= 11 is 9.24. The van der Waals surface area contributed by atoms with Gasteiger partial charge in [-0.1, -0.05) is 57.0 Å². The number of carbonyl (C=O) groups excluding carboxylic acids is 2. The van der Waals surface area contributed by atoms with E-state index in [0.29, 0.717) is 21.7 Å². The number of halogens is 2. The van der Waals surface area contributed by atoms with Gasteiger partial charge in [0.25, 0.3) is 0 Å². The monoisotopic (exact) mass is 483 g/mol. The number of para-hydroxylation sites is 1. The molecule has 0 spiro atoms. The van der Waals surface area contributed by atoms with Crippen LogP contribution in [0, 0.1) is 0 Å². The molecule has 1 aromatic heterocycles. The second kappa shape index (κ2) is 8.77. The van der Waals surface area contributed by atoms with Crippen molar-refractivity contribution >= 4 is 50.3 Å². The molecule has 4 aromatic rings. The molecule has 150 valence electrons. The number of benzene rings is 3. The lowest BCUT2D eigenvalue weighted by Gasteiger charge is -2.17. The number of ether oxygens (including phenoxy) is 1. The topological polar surface area (TPSA) is 74.1 Å². The number of carbonyl (C=O) groups is 2.